The Bertz CT molecular complexity index is 1120. The molecule has 2 aromatic carbocycles. The van der Waals surface area contributed by atoms with Crippen molar-refractivity contribution in [2.45, 2.75) is 37.4 Å². The third kappa shape index (κ3) is 4.02. The van der Waals surface area contributed by atoms with E-state index in [1.54, 1.807) is 13.2 Å². The molecule has 0 saturated carbocycles. The van der Waals surface area contributed by atoms with Gasteiger partial charge in [0.05, 0.1) is 43.2 Å². The summed E-state index contributed by atoms with van der Waals surface area (Å²) in [6.45, 7) is 5.82. The lowest BCUT2D eigenvalue weighted by Gasteiger charge is -2.28. The minimum atomic E-state index is -3.56. The smallest absolute Gasteiger partial charge is 0.243 e. The van der Waals surface area contributed by atoms with Crippen molar-refractivity contribution in [2.75, 3.05) is 56.4 Å². The number of hydrogen-bond acceptors (Lipinski definition) is 7. The number of rotatable bonds is 7. The van der Waals surface area contributed by atoms with Crippen LogP contribution in [0.2, 0.25) is 0 Å². The summed E-state index contributed by atoms with van der Waals surface area (Å²) >= 11 is 0. The van der Waals surface area contributed by atoms with Crippen molar-refractivity contribution in [3.05, 3.63) is 42.0 Å². The second-order valence-electron chi connectivity index (χ2n) is 8.53. The molecule has 0 spiro atoms. The molecule has 3 heterocycles. The highest BCUT2D eigenvalue weighted by atomic mass is 32.2. The lowest BCUT2D eigenvalue weighted by Crippen LogP contribution is -2.40. The van der Waals surface area contributed by atoms with E-state index < -0.39 is 10.0 Å². The summed E-state index contributed by atoms with van der Waals surface area (Å²) in [5.74, 6) is 1.44. The summed E-state index contributed by atoms with van der Waals surface area (Å²) < 4.78 is 44.7. The zero-order chi connectivity index (χ0) is 23.0. The van der Waals surface area contributed by atoms with E-state index in [0.29, 0.717) is 50.1 Å². The highest BCUT2D eigenvalue weighted by molar-refractivity contribution is 7.89. The van der Waals surface area contributed by atoms with Gasteiger partial charge in [0.2, 0.25) is 10.0 Å². The maximum absolute atomic E-state index is 13.3. The highest BCUT2D eigenvalue weighted by Gasteiger charge is 2.40. The predicted octanol–water partition coefficient (Wildman–Crippen LogP) is 3.06. The molecule has 2 aromatic rings. The van der Waals surface area contributed by atoms with E-state index in [2.05, 4.69) is 9.80 Å². The molecule has 0 radical (unpaired) electrons. The molecule has 3 aliphatic heterocycles. The van der Waals surface area contributed by atoms with Crippen molar-refractivity contribution in [3.63, 3.8) is 0 Å². The van der Waals surface area contributed by atoms with Crippen LogP contribution in [0.4, 0.5) is 11.4 Å². The Balaban J connectivity index is 1.49. The molecule has 0 bridgehead atoms. The van der Waals surface area contributed by atoms with Crippen molar-refractivity contribution in [2.24, 2.45) is 0 Å². The number of fused-ring (bicyclic) bond motifs is 3. The van der Waals surface area contributed by atoms with E-state index in [0.717, 1.165) is 42.1 Å². The fraction of sp³-hybridized carbons (Fsp3) is 0.500. The fourth-order valence-electron chi connectivity index (χ4n) is 5.06. The maximum Gasteiger partial charge on any atom is 0.243 e. The molecule has 2 saturated heterocycles. The van der Waals surface area contributed by atoms with Crippen LogP contribution in [-0.4, -0.2) is 65.5 Å². The summed E-state index contributed by atoms with van der Waals surface area (Å²) in [6, 6.07) is 11.6. The van der Waals surface area contributed by atoms with Gasteiger partial charge in [-0.3, -0.25) is 0 Å². The number of methoxy groups -OCH3 is 1. The molecule has 0 aromatic heterocycles. The van der Waals surface area contributed by atoms with Gasteiger partial charge in [-0.2, -0.15) is 4.31 Å². The summed E-state index contributed by atoms with van der Waals surface area (Å²) in [4.78, 5) is 5.07. The van der Waals surface area contributed by atoms with Crippen LogP contribution >= 0.6 is 0 Å². The SMILES string of the molecule is CCOc1cc(CN2c3cc(S(=O)(=O)N4CCOCC4)ccc3N3CCC[C@@H]32)ccc1OC. The molecule has 0 aliphatic carbocycles. The molecule has 9 heteroatoms. The zero-order valence-corrected chi connectivity index (χ0v) is 20.0. The Hall–Kier alpha value is -2.49. The molecule has 33 heavy (non-hydrogen) atoms. The van der Waals surface area contributed by atoms with Crippen molar-refractivity contribution in [1.82, 2.24) is 4.31 Å². The van der Waals surface area contributed by atoms with Gasteiger partial charge in [0.1, 0.15) is 6.17 Å². The van der Waals surface area contributed by atoms with Crippen LogP contribution in [0.15, 0.2) is 41.3 Å². The number of anilines is 2. The summed E-state index contributed by atoms with van der Waals surface area (Å²) in [7, 11) is -1.92. The predicted molar refractivity (Wildman–Crippen MR) is 127 cm³/mol. The van der Waals surface area contributed by atoms with Crippen LogP contribution in [0.25, 0.3) is 0 Å². The number of hydrogen-bond donors (Lipinski definition) is 0. The molecule has 2 fully saturated rings. The van der Waals surface area contributed by atoms with E-state index in [1.165, 1.54) is 4.31 Å². The molecule has 0 amide bonds. The lowest BCUT2D eigenvalue weighted by atomic mass is 10.1. The van der Waals surface area contributed by atoms with Gasteiger partial charge < -0.3 is 24.0 Å². The topological polar surface area (TPSA) is 71.5 Å². The van der Waals surface area contributed by atoms with Gasteiger partial charge in [-0.1, -0.05) is 6.07 Å². The Labute approximate surface area is 195 Å². The summed E-state index contributed by atoms with van der Waals surface area (Å²) in [6.07, 6.45) is 2.41. The second kappa shape index (κ2) is 9.04. The molecule has 178 valence electrons. The monoisotopic (exact) mass is 473 g/mol. The number of benzene rings is 2. The number of ether oxygens (including phenoxy) is 3. The van der Waals surface area contributed by atoms with Crippen molar-refractivity contribution in [3.8, 4) is 11.5 Å². The quantitative estimate of drug-likeness (QED) is 0.612. The lowest BCUT2D eigenvalue weighted by molar-refractivity contribution is 0.0730. The van der Waals surface area contributed by atoms with Crippen molar-refractivity contribution >= 4 is 21.4 Å². The molecular weight excluding hydrogens is 442 g/mol. The van der Waals surface area contributed by atoms with E-state index in [4.69, 9.17) is 14.2 Å². The van der Waals surface area contributed by atoms with Crippen LogP contribution in [0.3, 0.4) is 0 Å². The molecule has 1 atom stereocenters. The maximum atomic E-state index is 13.3. The summed E-state index contributed by atoms with van der Waals surface area (Å²) in [5, 5.41) is 0. The van der Waals surface area contributed by atoms with Crippen LogP contribution in [0.5, 0.6) is 11.5 Å². The van der Waals surface area contributed by atoms with Gasteiger partial charge in [-0.05, 0) is 55.7 Å². The van der Waals surface area contributed by atoms with Crippen LogP contribution in [0.1, 0.15) is 25.3 Å². The number of morpholine rings is 1. The number of sulfonamides is 1. The number of nitrogens with zero attached hydrogens (tertiary/aromatic N) is 3. The Morgan fingerprint density at radius 1 is 1.03 bits per heavy atom. The first kappa shape index (κ1) is 22.3. The fourth-order valence-corrected chi connectivity index (χ4v) is 6.49. The molecule has 5 rings (SSSR count). The van der Waals surface area contributed by atoms with Gasteiger partial charge in [0.25, 0.3) is 0 Å². The van der Waals surface area contributed by atoms with E-state index >= 15 is 0 Å². The van der Waals surface area contributed by atoms with E-state index in [9.17, 15) is 8.42 Å². The molecule has 3 aliphatic rings. The minimum Gasteiger partial charge on any atom is -0.493 e. The first-order chi connectivity index (χ1) is 16.0. The molecular formula is C24H31N3O5S. The second-order valence-corrected chi connectivity index (χ2v) is 10.5. The van der Waals surface area contributed by atoms with Crippen LogP contribution in [0, 0.1) is 0 Å². The Morgan fingerprint density at radius 3 is 2.61 bits per heavy atom. The van der Waals surface area contributed by atoms with Crippen molar-refractivity contribution in [1.29, 1.82) is 0 Å². The first-order valence-corrected chi connectivity index (χ1v) is 13.0. The normalized spacial score (nSPS) is 20.6. The Kier molecular flexibility index (Phi) is 6.11. The van der Waals surface area contributed by atoms with Gasteiger partial charge in [-0.15, -0.1) is 0 Å². The van der Waals surface area contributed by atoms with Crippen LogP contribution < -0.4 is 19.3 Å². The van der Waals surface area contributed by atoms with Crippen LogP contribution in [-0.2, 0) is 21.3 Å². The molecule has 0 unspecified atom stereocenters. The molecule has 8 nitrogen and oxygen atoms in total. The highest BCUT2D eigenvalue weighted by Crippen LogP contribution is 2.46. The van der Waals surface area contributed by atoms with E-state index in [1.807, 2.05) is 37.3 Å². The third-order valence-corrected chi connectivity index (χ3v) is 8.53. The average molecular weight is 474 g/mol. The Morgan fingerprint density at radius 2 is 1.85 bits per heavy atom. The standard InChI is InChI=1S/C24H31N3O5S/c1-3-32-23-15-18(6-9-22(23)30-2)17-27-21-16-19(33(28,29)25-11-13-31-14-12-25)7-8-20(21)26-10-4-5-24(26)27/h6-9,15-16,24H,3-5,10-14,17H2,1-2H3/t24-/m0/s1. The van der Waals surface area contributed by atoms with Gasteiger partial charge >= 0.3 is 0 Å². The van der Waals surface area contributed by atoms with Gasteiger partial charge in [-0.25, -0.2) is 8.42 Å². The average Bonchev–Trinajstić information content (AvgIpc) is 3.42. The minimum absolute atomic E-state index is 0.235. The largest absolute Gasteiger partial charge is 0.493 e. The van der Waals surface area contributed by atoms with Gasteiger partial charge in [0, 0.05) is 26.2 Å². The molecule has 0 N–H and O–H groups in total. The third-order valence-electron chi connectivity index (χ3n) is 6.64. The van der Waals surface area contributed by atoms with Crippen molar-refractivity contribution < 1.29 is 22.6 Å². The summed E-state index contributed by atoms with van der Waals surface area (Å²) in [5.41, 5.74) is 3.18. The van der Waals surface area contributed by atoms with Gasteiger partial charge in [0.15, 0.2) is 11.5 Å². The first-order valence-electron chi connectivity index (χ1n) is 11.6. The van der Waals surface area contributed by atoms with E-state index in [-0.39, 0.29) is 6.17 Å². The zero-order valence-electron chi connectivity index (χ0n) is 19.2.